The monoisotopic (exact) mass is 242 g/mol. The minimum absolute atomic E-state index is 0.0989. The summed E-state index contributed by atoms with van der Waals surface area (Å²) >= 11 is 0. The van der Waals surface area contributed by atoms with E-state index in [9.17, 15) is 10.1 Å². The number of aryl methyl sites for hydroxylation is 1. The Morgan fingerprint density at radius 2 is 2.28 bits per heavy atom. The van der Waals surface area contributed by atoms with Crippen molar-refractivity contribution in [2.24, 2.45) is 0 Å². The van der Waals surface area contributed by atoms with Crippen molar-refractivity contribution in [3.8, 4) is 11.8 Å². The third-order valence-electron chi connectivity index (χ3n) is 2.56. The lowest BCUT2D eigenvalue weighted by molar-refractivity contribution is -0.384. The van der Waals surface area contributed by atoms with E-state index in [2.05, 4.69) is 5.10 Å². The first kappa shape index (κ1) is 11.8. The average Bonchev–Trinajstić information content (AvgIpc) is 2.86. The molecule has 6 nitrogen and oxygen atoms in total. The number of nitro benzene ring substituents is 1. The number of nitriles is 1. The van der Waals surface area contributed by atoms with Gasteiger partial charge in [0, 0.05) is 18.3 Å². The normalized spacial score (nSPS) is 10.0. The standard InChI is InChI=1S/C12H10N4O2/c1-2-10-5-6-15(14-10)12-4-3-11(16(17)18)7-9(12)8-13/h3-7H,2H2,1H3. The van der Waals surface area contributed by atoms with Gasteiger partial charge >= 0.3 is 0 Å². The van der Waals surface area contributed by atoms with E-state index in [0.717, 1.165) is 12.1 Å². The average molecular weight is 242 g/mol. The van der Waals surface area contributed by atoms with Crippen molar-refractivity contribution >= 4 is 5.69 Å². The Bertz CT molecular complexity index is 640. The summed E-state index contributed by atoms with van der Waals surface area (Å²) in [7, 11) is 0. The molecule has 18 heavy (non-hydrogen) atoms. The lowest BCUT2D eigenvalue weighted by Gasteiger charge is -2.03. The number of rotatable bonds is 3. The smallest absolute Gasteiger partial charge is 0.258 e. The molecule has 0 spiro atoms. The molecule has 90 valence electrons. The van der Waals surface area contributed by atoms with Gasteiger partial charge < -0.3 is 0 Å². The van der Waals surface area contributed by atoms with Gasteiger partial charge in [-0.3, -0.25) is 10.1 Å². The van der Waals surface area contributed by atoms with Crippen molar-refractivity contribution in [1.82, 2.24) is 9.78 Å². The number of nitrogens with zero attached hydrogens (tertiary/aromatic N) is 4. The van der Waals surface area contributed by atoms with E-state index in [4.69, 9.17) is 5.26 Å². The Labute approximate surface area is 103 Å². The van der Waals surface area contributed by atoms with Crippen LogP contribution in [0.4, 0.5) is 5.69 Å². The van der Waals surface area contributed by atoms with Crippen molar-refractivity contribution in [3.05, 3.63) is 51.8 Å². The molecule has 0 atom stereocenters. The molecule has 1 aromatic carbocycles. The highest BCUT2D eigenvalue weighted by Crippen LogP contribution is 2.20. The van der Waals surface area contributed by atoms with Gasteiger partial charge in [-0.2, -0.15) is 10.4 Å². The Balaban J connectivity index is 2.51. The van der Waals surface area contributed by atoms with Crippen LogP contribution in [0, 0.1) is 21.4 Å². The first-order valence-corrected chi connectivity index (χ1v) is 5.39. The van der Waals surface area contributed by atoms with Gasteiger partial charge in [-0.1, -0.05) is 6.92 Å². The number of nitro groups is 1. The number of benzene rings is 1. The highest BCUT2D eigenvalue weighted by molar-refractivity contribution is 5.54. The highest BCUT2D eigenvalue weighted by atomic mass is 16.6. The predicted octanol–water partition coefficient (Wildman–Crippen LogP) is 2.21. The maximum absolute atomic E-state index is 10.6. The van der Waals surface area contributed by atoms with E-state index in [0.29, 0.717) is 5.69 Å². The van der Waals surface area contributed by atoms with Crippen LogP contribution >= 0.6 is 0 Å². The minimum Gasteiger partial charge on any atom is -0.258 e. The molecule has 0 aliphatic carbocycles. The van der Waals surface area contributed by atoms with Crippen LogP contribution in [0.25, 0.3) is 5.69 Å². The van der Waals surface area contributed by atoms with Gasteiger partial charge in [-0.05, 0) is 18.6 Å². The number of non-ortho nitro benzene ring substituents is 1. The summed E-state index contributed by atoms with van der Waals surface area (Å²) in [6, 6.07) is 7.95. The zero-order chi connectivity index (χ0) is 13.1. The first-order chi connectivity index (χ1) is 8.65. The second kappa shape index (κ2) is 4.67. The molecule has 0 saturated carbocycles. The Morgan fingerprint density at radius 3 is 2.83 bits per heavy atom. The SMILES string of the molecule is CCc1ccn(-c2ccc([N+](=O)[O-])cc2C#N)n1. The number of hydrogen-bond donors (Lipinski definition) is 0. The van der Waals surface area contributed by atoms with Gasteiger partial charge in [0.25, 0.3) is 5.69 Å². The van der Waals surface area contributed by atoms with Gasteiger partial charge in [0.2, 0.25) is 0 Å². The molecule has 0 aliphatic rings. The maximum atomic E-state index is 10.6. The lowest BCUT2D eigenvalue weighted by Crippen LogP contribution is -2.00. The summed E-state index contributed by atoms with van der Waals surface area (Å²) in [6.07, 6.45) is 2.53. The molecule has 0 saturated heterocycles. The van der Waals surface area contributed by atoms with E-state index in [-0.39, 0.29) is 11.3 Å². The van der Waals surface area contributed by atoms with Crippen LogP contribution in [0.2, 0.25) is 0 Å². The summed E-state index contributed by atoms with van der Waals surface area (Å²) in [5, 5.41) is 24.0. The Kier molecular flexibility index (Phi) is 3.06. The van der Waals surface area contributed by atoms with E-state index in [1.54, 1.807) is 10.9 Å². The number of aromatic nitrogens is 2. The van der Waals surface area contributed by atoms with E-state index in [1.165, 1.54) is 18.2 Å². The largest absolute Gasteiger partial charge is 0.270 e. The summed E-state index contributed by atoms with van der Waals surface area (Å²) in [6.45, 7) is 1.98. The van der Waals surface area contributed by atoms with E-state index >= 15 is 0 Å². The zero-order valence-electron chi connectivity index (χ0n) is 9.70. The second-order valence-electron chi connectivity index (χ2n) is 3.68. The van der Waals surface area contributed by atoms with Gasteiger partial charge in [-0.25, -0.2) is 4.68 Å². The fourth-order valence-electron chi connectivity index (χ4n) is 1.61. The van der Waals surface area contributed by atoms with Crippen LogP contribution in [0.3, 0.4) is 0 Å². The van der Waals surface area contributed by atoms with E-state index < -0.39 is 4.92 Å². The van der Waals surface area contributed by atoms with Crippen LogP contribution in [0.1, 0.15) is 18.2 Å². The van der Waals surface area contributed by atoms with Crippen LogP contribution < -0.4 is 0 Å². The Morgan fingerprint density at radius 1 is 1.50 bits per heavy atom. The van der Waals surface area contributed by atoms with Crippen molar-refractivity contribution < 1.29 is 4.92 Å². The van der Waals surface area contributed by atoms with Gasteiger partial charge in [0.05, 0.1) is 21.9 Å². The van der Waals surface area contributed by atoms with E-state index in [1.807, 2.05) is 19.1 Å². The quantitative estimate of drug-likeness (QED) is 0.610. The van der Waals surface area contributed by atoms with Gasteiger partial charge in [0.15, 0.2) is 0 Å². The second-order valence-corrected chi connectivity index (χ2v) is 3.68. The molecule has 0 N–H and O–H groups in total. The minimum atomic E-state index is -0.523. The summed E-state index contributed by atoms with van der Waals surface area (Å²) < 4.78 is 1.56. The molecule has 0 radical (unpaired) electrons. The van der Waals surface area contributed by atoms with Crippen molar-refractivity contribution in [3.63, 3.8) is 0 Å². The van der Waals surface area contributed by atoms with Crippen molar-refractivity contribution in [1.29, 1.82) is 5.26 Å². The van der Waals surface area contributed by atoms with Crippen LogP contribution in [0.15, 0.2) is 30.5 Å². The predicted molar refractivity (Wildman–Crippen MR) is 64.3 cm³/mol. The molecule has 1 heterocycles. The van der Waals surface area contributed by atoms with Gasteiger partial charge in [0.1, 0.15) is 6.07 Å². The molecule has 2 rings (SSSR count). The topological polar surface area (TPSA) is 84.7 Å². The first-order valence-electron chi connectivity index (χ1n) is 5.39. The molecule has 0 unspecified atom stereocenters. The molecule has 0 fully saturated rings. The third kappa shape index (κ3) is 2.06. The molecule has 0 amide bonds. The molecular weight excluding hydrogens is 232 g/mol. The maximum Gasteiger partial charge on any atom is 0.270 e. The zero-order valence-corrected chi connectivity index (χ0v) is 9.70. The summed E-state index contributed by atoms with van der Waals surface area (Å²) in [4.78, 5) is 10.1. The summed E-state index contributed by atoms with van der Waals surface area (Å²) in [5.41, 5.74) is 1.58. The molecule has 2 aromatic rings. The van der Waals surface area contributed by atoms with Gasteiger partial charge in [-0.15, -0.1) is 0 Å². The van der Waals surface area contributed by atoms with Crippen LogP contribution in [-0.4, -0.2) is 14.7 Å². The molecule has 1 aromatic heterocycles. The molecular formula is C12H10N4O2. The van der Waals surface area contributed by atoms with Crippen molar-refractivity contribution in [2.75, 3.05) is 0 Å². The Hall–Kier alpha value is -2.68. The molecule has 6 heteroatoms. The van der Waals surface area contributed by atoms with Crippen LogP contribution in [-0.2, 0) is 6.42 Å². The number of hydrogen-bond acceptors (Lipinski definition) is 4. The van der Waals surface area contributed by atoms with Crippen molar-refractivity contribution in [2.45, 2.75) is 13.3 Å². The molecule has 0 aliphatic heterocycles. The third-order valence-corrected chi connectivity index (χ3v) is 2.56. The highest BCUT2D eigenvalue weighted by Gasteiger charge is 2.12. The van der Waals surface area contributed by atoms with Crippen LogP contribution in [0.5, 0.6) is 0 Å². The lowest BCUT2D eigenvalue weighted by atomic mass is 10.2. The molecule has 0 bridgehead atoms. The summed E-state index contributed by atoms with van der Waals surface area (Å²) in [5.74, 6) is 0. The fraction of sp³-hybridized carbons (Fsp3) is 0.167. The fourth-order valence-corrected chi connectivity index (χ4v) is 1.61.